The predicted octanol–water partition coefficient (Wildman–Crippen LogP) is 2.37. The summed E-state index contributed by atoms with van der Waals surface area (Å²) in [7, 11) is -1.79. The second-order valence-electron chi connectivity index (χ2n) is 10.9. The highest BCUT2D eigenvalue weighted by Crippen LogP contribution is 2.34. The van der Waals surface area contributed by atoms with Crippen molar-refractivity contribution in [2.24, 2.45) is 5.92 Å². The van der Waals surface area contributed by atoms with Gasteiger partial charge in [-0.25, -0.2) is 13.6 Å². The van der Waals surface area contributed by atoms with E-state index >= 15 is 0 Å². The number of rotatable bonds is 10. The smallest absolute Gasteiger partial charge is 0.444 e. The molecule has 0 spiro atoms. The van der Waals surface area contributed by atoms with Crippen LogP contribution < -0.4 is 5.32 Å². The number of piperidine rings is 1. The van der Waals surface area contributed by atoms with Gasteiger partial charge in [0.05, 0.1) is 25.1 Å². The molecule has 1 aromatic carbocycles. The fourth-order valence-electron chi connectivity index (χ4n) is 5.04. The van der Waals surface area contributed by atoms with E-state index in [9.17, 15) is 33.7 Å². The van der Waals surface area contributed by atoms with Crippen molar-refractivity contribution in [2.75, 3.05) is 26.2 Å². The van der Waals surface area contributed by atoms with Crippen LogP contribution in [-0.4, -0.2) is 88.7 Å². The molecule has 0 saturated carbocycles. The number of ether oxygens (including phenoxy) is 1. The summed E-state index contributed by atoms with van der Waals surface area (Å²) in [5.41, 5.74) is 0.235. The Labute approximate surface area is 222 Å². The van der Waals surface area contributed by atoms with Crippen LogP contribution in [0.4, 0.5) is 13.6 Å². The number of halogens is 2. The molecule has 3 atom stereocenters. The van der Waals surface area contributed by atoms with Gasteiger partial charge in [0.1, 0.15) is 12.0 Å². The molecule has 2 fully saturated rings. The van der Waals surface area contributed by atoms with E-state index in [0.29, 0.717) is 25.8 Å². The summed E-state index contributed by atoms with van der Waals surface area (Å²) in [4.78, 5) is 28.8. The molecular weight excluding hydrogens is 497 g/mol. The monoisotopic (exact) mass is 534 g/mol. The van der Waals surface area contributed by atoms with E-state index in [1.54, 1.807) is 17.0 Å². The molecule has 0 aromatic heterocycles. The largest absolute Gasteiger partial charge is 0.475 e. The van der Waals surface area contributed by atoms with Gasteiger partial charge < -0.3 is 25.0 Å². The molecular formula is C26H37BF2N4O5. The average molecular weight is 534 g/mol. The van der Waals surface area contributed by atoms with E-state index < -0.39 is 42.6 Å². The molecule has 12 heteroatoms. The molecule has 1 unspecified atom stereocenters. The Morgan fingerprint density at radius 3 is 2.61 bits per heavy atom. The number of nitrogens with one attached hydrogen (secondary N) is 1. The Morgan fingerprint density at radius 1 is 1.29 bits per heavy atom. The van der Waals surface area contributed by atoms with Gasteiger partial charge in [0.25, 0.3) is 5.92 Å². The highest BCUT2D eigenvalue weighted by atomic mass is 19.3. The van der Waals surface area contributed by atoms with Crippen molar-refractivity contribution in [3.8, 4) is 6.07 Å². The minimum atomic E-state index is -2.71. The summed E-state index contributed by atoms with van der Waals surface area (Å²) in [6, 6.07) is 11.1. The van der Waals surface area contributed by atoms with Crippen LogP contribution in [0.2, 0.25) is 0 Å². The van der Waals surface area contributed by atoms with Crippen LogP contribution >= 0.6 is 0 Å². The molecule has 3 N–H and O–H groups in total. The van der Waals surface area contributed by atoms with E-state index in [1.807, 2.05) is 32.0 Å². The Kier molecular flexibility index (Phi) is 10.1. The van der Waals surface area contributed by atoms with Gasteiger partial charge in [-0.05, 0) is 51.5 Å². The number of nitrogens with zero attached hydrogens (tertiary/aromatic N) is 3. The van der Waals surface area contributed by atoms with E-state index in [2.05, 4.69) is 11.4 Å². The first-order chi connectivity index (χ1) is 17.9. The number of likely N-dealkylation sites (tertiary alicyclic amines) is 2. The lowest BCUT2D eigenvalue weighted by atomic mass is 9.76. The van der Waals surface area contributed by atoms with E-state index in [-0.39, 0.29) is 44.8 Å². The van der Waals surface area contributed by atoms with E-state index in [1.165, 1.54) is 4.90 Å². The quantitative estimate of drug-likeness (QED) is 0.394. The average Bonchev–Trinajstić information content (AvgIpc) is 3.25. The van der Waals surface area contributed by atoms with Crippen molar-refractivity contribution in [3.63, 3.8) is 0 Å². The SMILES string of the molecule is CC(C)(CCC(C#N)C(=O)N1CCC[C@@H](OC(=O)N[C@@H](Cc2ccccc2)B(O)O)C1)N1CCC(F)(F)C1. The van der Waals surface area contributed by atoms with Crippen LogP contribution in [0.5, 0.6) is 0 Å². The molecule has 3 rings (SSSR count). The normalized spacial score (nSPS) is 21.3. The second kappa shape index (κ2) is 12.9. The third-order valence-electron chi connectivity index (χ3n) is 7.45. The maximum atomic E-state index is 13.7. The Bertz CT molecular complexity index is 992. The maximum Gasteiger partial charge on any atom is 0.475 e. The summed E-state index contributed by atoms with van der Waals surface area (Å²) in [5, 5.41) is 31.6. The summed E-state index contributed by atoms with van der Waals surface area (Å²) < 4.78 is 32.8. The molecule has 2 heterocycles. The van der Waals surface area contributed by atoms with Crippen molar-refractivity contribution in [2.45, 2.75) is 75.9 Å². The van der Waals surface area contributed by atoms with Gasteiger partial charge in [-0.15, -0.1) is 0 Å². The molecule has 208 valence electrons. The molecule has 9 nitrogen and oxygen atoms in total. The molecule has 38 heavy (non-hydrogen) atoms. The molecule has 2 saturated heterocycles. The van der Waals surface area contributed by atoms with Crippen molar-refractivity contribution in [1.29, 1.82) is 5.26 Å². The fraction of sp³-hybridized carbons (Fsp3) is 0.654. The summed E-state index contributed by atoms with van der Waals surface area (Å²) in [6.45, 7) is 4.20. The van der Waals surface area contributed by atoms with Crippen LogP contribution in [0.15, 0.2) is 30.3 Å². The van der Waals surface area contributed by atoms with Gasteiger partial charge in [0.2, 0.25) is 5.91 Å². The maximum absolute atomic E-state index is 13.7. The molecule has 2 aliphatic rings. The number of alkyl carbamates (subject to hydrolysis) is 1. The minimum absolute atomic E-state index is 0.122. The van der Waals surface area contributed by atoms with Crippen LogP contribution in [0.1, 0.15) is 51.5 Å². The van der Waals surface area contributed by atoms with Gasteiger partial charge in [0.15, 0.2) is 0 Å². The molecule has 0 bridgehead atoms. The van der Waals surface area contributed by atoms with Gasteiger partial charge in [-0.3, -0.25) is 9.69 Å². The Hall–Kier alpha value is -2.75. The third kappa shape index (κ3) is 8.38. The molecule has 0 radical (unpaired) electrons. The first kappa shape index (κ1) is 29.8. The number of carbonyl (C=O) groups excluding carboxylic acids is 2. The van der Waals surface area contributed by atoms with Gasteiger partial charge in [-0.1, -0.05) is 30.3 Å². The van der Waals surface area contributed by atoms with Crippen LogP contribution in [0.25, 0.3) is 0 Å². The zero-order valence-corrected chi connectivity index (χ0v) is 22.0. The van der Waals surface area contributed by atoms with E-state index in [4.69, 9.17) is 4.74 Å². The van der Waals surface area contributed by atoms with Crippen molar-refractivity contribution in [1.82, 2.24) is 15.1 Å². The van der Waals surface area contributed by atoms with Crippen molar-refractivity contribution < 1.29 is 33.2 Å². The lowest BCUT2D eigenvalue weighted by Crippen LogP contribution is -2.51. The highest BCUT2D eigenvalue weighted by Gasteiger charge is 2.44. The van der Waals surface area contributed by atoms with Crippen molar-refractivity contribution in [3.05, 3.63) is 35.9 Å². The summed E-state index contributed by atoms with van der Waals surface area (Å²) in [5.74, 6) is -4.98. The van der Waals surface area contributed by atoms with Gasteiger partial charge in [0, 0.05) is 25.0 Å². The summed E-state index contributed by atoms with van der Waals surface area (Å²) in [6.07, 6.45) is 0.324. The number of alkyl halides is 2. The standard InChI is InChI=1S/C26H37BF2N4O5/c1-25(2,33-14-12-26(28,29)18-33)11-10-20(16-30)23(34)32-13-6-9-21(17-32)38-24(35)31-22(27(36)37)15-19-7-4-3-5-8-19/h3-5,7-8,20-22,36-37H,6,9-15,17-18H2,1-2H3,(H,31,35)/t20?,21-,22+/m1/s1. The van der Waals surface area contributed by atoms with Gasteiger partial charge >= 0.3 is 13.2 Å². The predicted molar refractivity (Wildman–Crippen MR) is 137 cm³/mol. The topological polar surface area (TPSA) is 126 Å². The van der Waals surface area contributed by atoms with Gasteiger partial charge in [-0.2, -0.15) is 5.26 Å². The second-order valence-corrected chi connectivity index (χ2v) is 10.9. The lowest BCUT2D eigenvalue weighted by molar-refractivity contribution is -0.137. The number of nitriles is 1. The third-order valence-corrected chi connectivity index (χ3v) is 7.45. The number of amides is 2. The number of hydrogen-bond donors (Lipinski definition) is 3. The minimum Gasteiger partial charge on any atom is -0.444 e. The number of carbonyl (C=O) groups is 2. The molecule has 0 aliphatic carbocycles. The van der Waals surface area contributed by atoms with Crippen molar-refractivity contribution >= 4 is 19.1 Å². The molecule has 2 aliphatic heterocycles. The van der Waals surface area contributed by atoms with E-state index in [0.717, 1.165) is 5.56 Å². The zero-order chi connectivity index (χ0) is 27.9. The Balaban J connectivity index is 1.51. The first-order valence-electron chi connectivity index (χ1n) is 13.1. The first-order valence-corrected chi connectivity index (χ1v) is 13.1. The number of hydrogen-bond acceptors (Lipinski definition) is 7. The lowest BCUT2D eigenvalue weighted by Gasteiger charge is -2.37. The molecule has 2 amide bonds. The highest BCUT2D eigenvalue weighted by molar-refractivity contribution is 6.43. The molecule has 1 aromatic rings. The Morgan fingerprint density at radius 2 is 2.00 bits per heavy atom. The fourth-order valence-corrected chi connectivity index (χ4v) is 5.04. The van der Waals surface area contributed by atoms with Crippen LogP contribution in [-0.2, 0) is 16.0 Å². The zero-order valence-electron chi connectivity index (χ0n) is 22.0. The van der Waals surface area contributed by atoms with Crippen LogP contribution in [0, 0.1) is 17.2 Å². The summed E-state index contributed by atoms with van der Waals surface area (Å²) >= 11 is 0. The van der Waals surface area contributed by atoms with Crippen LogP contribution in [0.3, 0.4) is 0 Å². The number of benzene rings is 1.